The SMILES string of the molecule is NC(=O)c1cccc(NC(=O)c2ccc(N)cc2Cl)c1. The first-order valence-corrected chi connectivity index (χ1v) is 6.11. The minimum absolute atomic E-state index is 0.258. The number of hydrogen-bond acceptors (Lipinski definition) is 3. The van der Waals surface area contributed by atoms with Crippen molar-refractivity contribution in [2.75, 3.05) is 11.1 Å². The number of primary amides is 1. The Labute approximate surface area is 120 Å². The van der Waals surface area contributed by atoms with E-state index in [1.807, 2.05) is 0 Å². The van der Waals surface area contributed by atoms with Gasteiger partial charge in [0, 0.05) is 16.9 Å². The first-order chi connectivity index (χ1) is 9.47. The first kappa shape index (κ1) is 13.9. The second kappa shape index (κ2) is 5.63. The highest BCUT2D eigenvalue weighted by Crippen LogP contribution is 2.20. The van der Waals surface area contributed by atoms with E-state index in [4.69, 9.17) is 23.1 Å². The second-order valence-electron chi connectivity index (χ2n) is 4.14. The summed E-state index contributed by atoms with van der Waals surface area (Å²) in [4.78, 5) is 23.1. The Balaban J connectivity index is 2.23. The number of hydrogen-bond donors (Lipinski definition) is 3. The monoisotopic (exact) mass is 289 g/mol. The summed E-state index contributed by atoms with van der Waals surface area (Å²) in [6.07, 6.45) is 0. The van der Waals surface area contributed by atoms with Crippen LogP contribution in [0.2, 0.25) is 5.02 Å². The predicted octanol–water partition coefficient (Wildman–Crippen LogP) is 2.27. The van der Waals surface area contributed by atoms with E-state index in [1.54, 1.807) is 24.3 Å². The van der Waals surface area contributed by atoms with Crippen LogP contribution < -0.4 is 16.8 Å². The Bertz CT molecular complexity index is 686. The summed E-state index contributed by atoms with van der Waals surface area (Å²) < 4.78 is 0. The van der Waals surface area contributed by atoms with Crippen LogP contribution in [0.1, 0.15) is 20.7 Å². The van der Waals surface area contributed by atoms with Gasteiger partial charge in [0.05, 0.1) is 10.6 Å². The summed E-state index contributed by atoms with van der Waals surface area (Å²) >= 11 is 5.96. The van der Waals surface area contributed by atoms with Gasteiger partial charge < -0.3 is 16.8 Å². The summed E-state index contributed by atoms with van der Waals surface area (Å²) in [5, 5.41) is 2.90. The molecule has 102 valence electrons. The van der Waals surface area contributed by atoms with Crippen molar-refractivity contribution in [3.05, 3.63) is 58.6 Å². The molecule has 2 aromatic rings. The van der Waals surface area contributed by atoms with Gasteiger partial charge in [0.25, 0.3) is 5.91 Å². The van der Waals surface area contributed by atoms with E-state index in [0.29, 0.717) is 22.5 Å². The topological polar surface area (TPSA) is 98.2 Å². The minimum atomic E-state index is -0.563. The third-order valence-corrected chi connectivity index (χ3v) is 2.96. The van der Waals surface area contributed by atoms with E-state index in [9.17, 15) is 9.59 Å². The molecule has 0 heterocycles. The van der Waals surface area contributed by atoms with Crippen molar-refractivity contribution < 1.29 is 9.59 Å². The van der Waals surface area contributed by atoms with Crippen molar-refractivity contribution in [1.29, 1.82) is 0 Å². The van der Waals surface area contributed by atoms with Gasteiger partial charge in [-0.15, -0.1) is 0 Å². The molecule has 0 fully saturated rings. The van der Waals surface area contributed by atoms with Gasteiger partial charge in [-0.1, -0.05) is 17.7 Å². The van der Waals surface area contributed by atoms with E-state index in [1.165, 1.54) is 18.2 Å². The van der Waals surface area contributed by atoms with Gasteiger partial charge in [0.2, 0.25) is 5.91 Å². The summed E-state index contributed by atoms with van der Waals surface area (Å²) in [5.41, 5.74) is 12.3. The number of halogens is 1. The van der Waals surface area contributed by atoms with Crippen molar-refractivity contribution in [2.45, 2.75) is 0 Å². The number of nitrogen functional groups attached to an aromatic ring is 1. The fourth-order valence-electron chi connectivity index (χ4n) is 1.66. The minimum Gasteiger partial charge on any atom is -0.399 e. The molecule has 0 bridgehead atoms. The van der Waals surface area contributed by atoms with Crippen molar-refractivity contribution >= 4 is 34.8 Å². The number of nitrogens with one attached hydrogen (secondary N) is 1. The van der Waals surface area contributed by atoms with Crippen molar-refractivity contribution in [2.24, 2.45) is 5.73 Å². The molecule has 0 unspecified atom stereocenters. The van der Waals surface area contributed by atoms with Gasteiger partial charge in [-0.25, -0.2) is 0 Å². The molecule has 20 heavy (non-hydrogen) atoms. The fourth-order valence-corrected chi connectivity index (χ4v) is 1.94. The normalized spacial score (nSPS) is 10.1. The lowest BCUT2D eigenvalue weighted by Crippen LogP contribution is -2.14. The van der Waals surface area contributed by atoms with E-state index < -0.39 is 11.8 Å². The molecule has 0 aliphatic carbocycles. The zero-order valence-electron chi connectivity index (χ0n) is 10.4. The lowest BCUT2D eigenvalue weighted by molar-refractivity contribution is 0.0996. The standard InChI is InChI=1S/C14H12ClN3O2/c15-12-7-9(16)4-5-11(12)14(20)18-10-3-1-2-8(6-10)13(17)19/h1-7H,16H2,(H2,17,19)(H,18,20). The Morgan fingerprint density at radius 3 is 2.50 bits per heavy atom. The highest BCUT2D eigenvalue weighted by atomic mass is 35.5. The molecule has 2 aromatic carbocycles. The number of benzene rings is 2. The second-order valence-corrected chi connectivity index (χ2v) is 4.55. The van der Waals surface area contributed by atoms with Gasteiger partial charge in [0.15, 0.2) is 0 Å². The number of carbonyl (C=O) groups is 2. The molecule has 5 nitrogen and oxygen atoms in total. The Kier molecular flexibility index (Phi) is 3.91. The maximum Gasteiger partial charge on any atom is 0.257 e. The largest absolute Gasteiger partial charge is 0.399 e. The summed E-state index contributed by atoms with van der Waals surface area (Å²) in [6, 6.07) is 10.9. The van der Waals surface area contributed by atoms with Crippen LogP contribution in [0.25, 0.3) is 0 Å². The molecule has 0 spiro atoms. The lowest BCUT2D eigenvalue weighted by Gasteiger charge is -2.08. The van der Waals surface area contributed by atoms with E-state index in [0.717, 1.165) is 0 Å². The van der Waals surface area contributed by atoms with Crippen LogP contribution in [-0.2, 0) is 0 Å². The molecule has 0 aromatic heterocycles. The molecular formula is C14H12ClN3O2. The van der Waals surface area contributed by atoms with Crippen molar-refractivity contribution in [3.63, 3.8) is 0 Å². The van der Waals surface area contributed by atoms with Crippen LogP contribution in [0.4, 0.5) is 11.4 Å². The van der Waals surface area contributed by atoms with Gasteiger partial charge >= 0.3 is 0 Å². The highest BCUT2D eigenvalue weighted by molar-refractivity contribution is 6.34. The molecule has 0 aliphatic heterocycles. The van der Waals surface area contributed by atoms with E-state index >= 15 is 0 Å². The van der Waals surface area contributed by atoms with Crippen molar-refractivity contribution in [1.82, 2.24) is 0 Å². The highest BCUT2D eigenvalue weighted by Gasteiger charge is 2.11. The molecule has 0 saturated carbocycles. The Morgan fingerprint density at radius 1 is 1.10 bits per heavy atom. The van der Waals surface area contributed by atoms with Crippen LogP contribution in [0, 0.1) is 0 Å². The van der Waals surface area contributed by atoms with Gasteiger partial charge in [-0.2, -0.15) is 0 Å². The summed E-state index contributed by atoms with van der Waals surface area (Å²) in [5.74, 6) is -0.955. The Morgan fingerprint density at radius 2 is 1.85 bits per heavy atom. The number of nitrogens with two attached hydrogens (primary N) is 2. The number of rotatable bonds is 3. The maximum atomic E-state index is 12.1. The molecular weight excluding hydrogens is 278 g/mol. The smallest absolute Gasteiger partial charge is 0.257 e. The average molecular weight is 290 g/mol. The summed E-state index contributed by atoms with van der Waals surface area (Å²) in [6.45, 7) is 0. The zero-order valence-corrected chi connectivity index (χ0v) is 11.1. The van der Waals surface area contributed by atoms with Crippen LogP contribution in [0.5, 0.6) is 0 Å². The molecule has 2 rings (SSSR count). The summed E-state index contributed by atoms with van der Waals surface area (Å²) in [7, 11) is 0. The lowest BCUT2D eigenvalue weighted by atomic mass is 10.1. The maximum absolute atomic E-state index is 12.1. The third kappa shape index (κ3) is 3.07. The quantitative estimate of drug-likeness (QED) is 0.756. The van der Waals surface area contributed by atoms with Crippen molar-refractivity contribution in [3.8, 4) is 0 Å². The van der Waals surface area contributed by atoms with Gasteiger partial charge in [0.1, 0.15) is 0 Å². The zero-order chi connectivity index (χ0) is 14.7. The molecule has 0 radical (unpaired) electrons. The molecule has 0 atom stereocenters. The van der Waals surface area contributed by atoms with Crippen LogP contribution in [-0.4, -0.2) is 11.8 Å². The van der Waals surface area contributed by atoms with Crippen LogP contribution in [0.15, 0.2) is 42.5 Å². The number of carbonyl (C=O) groups excluding carboxylic acids is 2. The predicted molar refractivity (Wildman–Crippen MR) is 78.8 cm³/mol. The molecule has 0 saturated heterocycles. The average Bonchev–Trinajstić information content (AvgIpc) is 2.38. The molecule has 6 heteroatoms. The Hall–Kier alpha value is -2.53. The molecule has 0 aliphatic rings. The van der Waals surface area contributed by atoms with Gasteiger partial charge in [-0.05, 0) is 36.4 Å². The molecule has 5 N–H and O–H groups in total. The number of amides is 2. The number of anilines is 2. The first-order valence-electron chi connectivity index (χ1n) is 5.73. The third-order valence-electron chi connectivity index (χ3n) is 2.64. The van der Waals surface area contributed by atoms with E-state index in [2.05, 4.69) is 5.32 Å². The fraction of sp³-hybridized carbons (Fsp3) is 0. The van der Waals surface area contributed by atoms with Crippen LogP contribution in [0.3, 0.4) is 0 Å². The molecule has 2 amide bonds. The van der Waals surface area contributed by atoms with E-state index in [-0.39, 0.29) is 5.02 Å². The van der Waals surface area contributed by atoms with Crippen LogP contribution >= 0.6 is 11.6 Å². The van der Waals surface area contributed by atoms with Gasteiger partial charge in [-0.3, -0.25) is 9.59 Å².